The number of hydrogen-bond acceptors (Lipinski definition) is 4. The summed E-state index contributed by atoms with van der Waals surface area (Å²) in [6, 6.07) is 12.8. The summed E-state index contributed by atoms with van der Waals surface area (Å²) in [5.74, 6) is 0.155. The summed E-state index contributed by atoms with van der Waals surface area (Å²) in [5, 5.41) is 0. The van der Waals surface area contributed by atoms with Crippen molar-refractivity contribution in [1.82, 2.24) is 4.90 Å². The number of Topliss-reactive ketones (excluding diaryl/α,β-unsaturated/α-hetero) is 1. The maximum atomic E-state index is 13.6. The molecule has 0 aliphatic carbocycles. The quantitative estimate of drug-likeness (QED) is 0.544. The zero-order valence-corrected chi connectivity index (χ0v) is 16.0. The van der Waals surface area contributed by atoms with Crippen molar-refractivity contribution < 1.29 is 13.9 Å². The summed E-state index contributed by atoms with van der Waals surface area (Å²) in [4.78, 5) is 16.3. The fourth-order valence-electron chi connectivity index (χ4n) is 3.46. The molecule has 1 aliphatic rings. The number of benzene rings is 2. The molecule has 1 atom stereocenters. The van der Waals surface area contributed by atoms with Crippen molar-refractivity contribution in [3.8, 4) is 5.75 Å². The van der Waals surface area contributed by atoms with Crippen LogP contribution in [0.5, 0.6) is 5.75 Å². The number of ether oxygens (including phenoxy) is 1. The Balaban J connectivity index is 1.65. The first-order valence-electron chi connectivity index (χ1n) is 8.83. The normalized spacial score (nSPS) is 17.9. The van der Waals surface area contributed by atoms with Crippen molar-refractivity contribution in [2.75, 3.05) is 26.5 Å². The summed E-state index contributed by atoms with van der Waals surface area (Å²) in [6.07, 6.45) is 3.95. The molecule has 0 spiro atoms. The van der Waals surface area contributed by atoms with Gasteiger partial charge in [0.05, 0.1) is 7.11 Å². The number of likely N-dealkylation sites (tertiary alicyclic amines) is 1. The van der Waals surface area contributed by atoms with Crippen LogP contribution in [0.3, 0.4) is 0 Å². The topological polar surface area (TPSA) is 29.5 Å². The smallest absolute Gasteiger partial charge is 0.167 e. The lowest BCUT2D eigenvalue weighted by atomic mass is 9.90. The third-order valence-electron chi connectivity index (χ3n) is 4.87. The molecule has 26 heavy (non-hydrogen) atoms. The Bertz CT molecular complexity index is 763. The van der Waals surface area contributed by atoms with Crippen LogP contribution in [-0.4, -0.2) is 37.1 Å². The molecular formula is C21H24FNO2S. The van der Waals surface area contributed by atoms with Gasteiger partial charge in [0.2, 0.25) is 0 Å². The van der Waals surface area contributed by atoms with Crippen LogP contribution in [0.1, 0.15) is 28.8 Å². The average molecular weight is 373 g/mol. The molecule has 0 saturated carbocycles. The number of ketones is 1. The first-order valence-corrected chi connectivity index (χ1v) is 10.1. The Kier molecular flexibility index (Phi) is 6.33. The Hall–Kier alpha value is -1.85. The van der Waals surface area contributed by atoms with Crippen molar-refractivity contribution in [2.24, 2.45) is 5.92 Å². The highest BCUT2D eigenvalue weighted by atomic mass is 32.2. The number of piperidine rings is 1. The summed E-state index contributed by atoms with van der Waals surface area (Å²) in [5.41, 5.74) is 1.79. The van der Waals surface area contributed by atoms with Crippen LogP contribution in [0.4, 0.5) is 4.39 Å². The molecule has 0 radical (unpaired) electrons. The minimum Gasteiger partial charge on any atom is -0.494 e. The van der Waals surface area contributed by atoms with Gasteiger partial charge in [-0.3, -0.25) is 9.69 Å². The number of methoxy groups -OCH3 is 1. The molecule has 5 heteroatoms. The van der Waals surface area contributed by atoms with Gasteiger partial charge in [-0.2, -0.15) is 0 Å². The third kappa shape index (κ3) is 4.46. The number of carbonyl (C=O) groups excluding carboxylic acids is 1. The minimum absolute atomic E-state index is 0.0197. The van der Waals surface area contributed by atoms with Crippen LogP contribution < -0.4 is 4.74 Å². The van der Waals surface area contributed by atoms with Gasteiger partial charge in [-0.15, -0.1) is 11.8 Å². The van der Waals surface area contributed by atoms with Crippen LogP contribution in [-0.2, 0) is 6.54 Å². The Morgan fingerprint density at radius 2 is 2.04 bits per heavy atom. The Labute approximate surface area is 158 Å². The molecule has 0 unspecified atom stereocenters. The van der Waals surface area contributed by atoms with Gasteiger partial charge in [0, 0.05) is 29.5 Å². The van der Waals surface area contributed by atoms with Gasteiger partial charge in [-0.05, 0) is 55.5 Å². The van der Waals surface area contributed by atoms with Crippen molar-refractivity contribution in [3.63, 3.8) is 0 Å². The van der Waals surface area contributed by atoms with Gasteiger partial charge in [-0.1, -0.05) is 18.2 Å². The number of thioether (sulfide) groups is 1. The van der Waals surface area contributed by atoms with E-state index in [0.717, 1.165) is 42.0 Å². The lowest BCUT2D eigenvalue weighted by Gasteiger charge is -2.32. The lowest BCUT2D eigenvalue weighted by molar-refractivity contribution is 0.0811. The lowest BCUT2D eigenvalue weighted by Crippen LogP contribution is -2.38. The van der Waals surface area contributed by atoms with Crippen LogP contribution in [0, 0.1) is 11.7 Å². The molecule has 0 aromatic heterocycles. The van der Waals surface area contributed by atoms with Gasteiger partial charge in [0.15, 0.2) is 17.3 Å². The van der Waals surface area contributed by atoms with E-state index in [2.05, 4.69) is 4.90 Å². The highest BCUT2D eigenvalue weighted by molar-refractivity contribution is 7.98. The largest absolute Gasteiger partial charge is 0.494 e. The standard InChI is InChI=1S/C21H24FNO2S/c1-25-20-12-15(5-10-19(20)22)13-23-11-3-4-17(14-23)21(24)16-6-8-18(26-2)9-7-16/h5-10,12,17H,3-4,11,13-14H2,1-2H3/t17-/m0/s1. The number of nitrogens with zero attached hydrogens (tertiary/aromatic N) is 1. The van der Waals surface area contributed by atoms with E-state index in [-0.39, 0.29) is 23.3 Å². The second-order valence-electron chi connectivity index (χ2n) is 6.64. The van der Waals surface area contributed by atoms with E-state index in [1.165, 1.54) is 13.2 Å². The van der Waals surface area contributed by atoms with Crippen molar-refractivity contribution in [2.45, 2.75) is 24.3 Å². The van der Waals surface area contributed by atoms with E-state index < -0.39 is 0 Å². The summed E-state index contributed by atoms with van der Waals surface area (Å²) in [7, 11) is 1.47. The minimum atomic E-state index is -0.350. The highest BCUT2D eigenvalue weighted by Gasteiger charge is 2.26. The first-order chi connectivity index (χ1) is 12.6. The zero-order chi connectivity index (χ0) is 18.5. The molecule has 1 saturated heterocycles. The van der Waals surface area contributed by atoms with E-state index >= 15 is 0 Å². The molecule has 1 fully saturated rings. The number of carbonyl (C=O) groups is 1. The molecule has 1 heterocycles. The fourth-order valence-corrected chi connectivity index (χ4v) is 3.87. The number of rotatable bonds is 6. The fraction of sp³-hybridized carbons (Fsp3) is 0.381. The average Bonchev–Trinajstić information content (AvgIpc) is 2.69. The third-order valence-corrected chi connectivity index (χ3v) is 5.62. The van der Waals surface area contributed by atoms with Gasteiger partial charge in [0.25, 0.3) is 0 Å². The zero-order valence-electron chi connectivity index (χ0n) is 15.2. The highest BCUT2D eigenvalue weighted by Crippen LogP contribution is 2.25. The molecule has 0 amide bonds. The number of halogens is 1. The van der Waals surface area contributed by atoms with Crippen molar-refractivity contribution in [3.05, 3.63) is 59.4 Å². The molecule has 2 aromatic carbocycles. The molecule has 3 rings (SSSR count). The second-order valence-corrected chi connectivity index (χ2v) is 7.52. The monoisotopic (exact) mass is 373 g/mol. The van der Waals surface area contributed by atoms with Gasteiger partial charge in [0.1, 0.15) is 0 Å². The predicted octanol–water partition coefficient (Wildman–Crippen LogP) is 4.65. The maximum absolute atomic E-state index is 13.6. The van der Waals surface area contributed by atoms with E-state index in [4.69, 9.17) is 4.74 Å². The SMILES string of the molecule is COc1cc(CN2CCC[C@H](C(=O)c3ccc(SC)cc3)C2)ccc1F. The Morgan fingerprint density at radius 3 is 2.73 bits per heavy atom. The van der Waals surface area contributed by atoms with Gasteiger partial charge < -0.3 is 4.74 Å². The second kappa shape index (κ2) is 8.69. The number of hydrogen-bond donors (Lipinski definition) is 0. The first kappa shape index (κ1) is 18.9. The van der Waals surface area contributed by atoms with Crippen molar-refractivity contribution >= 4 is 17.5 Å². The van der Waals surface area contributed by atoms with E-state index in [0.29, 0.717) is 6.54 Å². The summed E-state index contributed by atoms with van der Waals surface area (Å²) < 4.78 is 18.6. The molecule has 1 aliphatic heterocycles. The Morgan fingerprint density at radius 1 is 1.27 bits per heavy atom. The van der Waals surface area contributed by atoms with E-state index in [1.54, 1.807) is 23.9 Å². The summed E-state index contributed by atoms with van der Waals surface area (Å²) >= 11 is 1.67. The molecule has 2 aromatic rings. The van der Waals surface area contributed by atoms with Crippen LogP contribution in [0.15, 0.2) is 47.4 Å². The van der Waals surface area contributed by atoms with Gasteiger partial charge in [-0.25, -0.2) is 4.39 Å². The molecule has 0 bridgehead atoms. The maximum Gasteiger partial charge on any atom is 0.167 e. The van der Waals surface area contributed by atoms with Crippen LogP contribution >= 0.6 is 11.8 Å². The van der Waals surface area contributed by atoms with Crippen LogP contribution in [0.25, 0.3) is 0 Å². The summed E-state index contributed by atoms with van der Waals surface area (Å²) in [6.45, 7) is 2.39. The van der Waals surface area contributed by atoms with Gasteiger partial charge >= 0.3 is 0 Å². The predicted molar refractivity (Wildman–Crippen MR) is 104 cm³/mol. The molecule has 138 valence electrons. The van der Waals surface area contributed by atoms with Crippen molar-refractivity contribution in [1.29, 1.82) is 0 Å². The molecule has 0 N–H and O–H groups in total. The van der Waals surface area contributed by atoms with E-state index in [1.807, 2.05) is 30.5 Å². The van der Waals surface area contributed by atoms with Crippen LogP contribution in [0.2, 0.25) is 0 Å². The molecular weight excluding hydrogens is 349 g/mol. The molecule has 3 nitrogen and oxygen atoms in total. The van der Waals surface area contributed by atoms with E-state index in [9.17, 15) is 9.18 Å².